The van der Waals surface area contributed by atoms with Gasteiger partial charge in [-0.25, -0.2) is 9.18 Å². The van der Waals surface area contributed by atoms with Crippen LogP contribution in [-0.4, -0.2) is 27.8 Å². The van der Waals surface area contributed by atoms with Gasteiger partial charge in [-0.2, -0.15) is 0 Å². The number of carboxylic acid groups (broad SMARTS) is 2. The van der Waals surface area contributed by atoms with Gasteiger partial charge in [0.25, 0.3) is 0 Å². The molecular formula is C7H9FO4. The molecule has 2 unspecified atom stereocenters. The molecule has 1 aliphatic rings. The Bertz CT molecular complexity index is 260. The zero-order valence-corrected chi connectivity index (χ0v) is 6.67. The topological polar surface area (TPSA) is 74.6 Å². The van der Waals surface area contributed by atoms with Crippen LogP contribution in [0.4, 0.5) is 4.39 Å². The maximum atomic E-state index is 13.3. The lowest BCUT2D eigenvalue weighted by molar-refractivity contribution is -0.150. The number of rotatable bonds is 2. The molecule has 0 aromatic carbocycles. The van der Waals surface area contributed by atoms with E-state index in [1.54, 1.807) is 0 Å². The molecule has 4 nitrogen and oxygen atoms in total. The van der Waals surface area contributed by atoms with E-state index in [4.69, 9.17) is 10.2 Å². The van der Waals surface area contributed by atoms with Crippen LogP contribution >= 0.6 is 0 Å². The molecule has 5 heteroatoms. The summed E-state index contributed by atoms with van der Waals surface area (Å²) in [5.41, 5.74) is -3.90. The highest BCUT2D eigenvalue weighted by Crippen LogP contribution is 2.64. The lowest BCUT2D eigenvalue weighted by atomic mass is 10.1. The molecular weight excluding hydrogens is 167 g/mol. The molecule has 12 heavy (non-hydrogen) atoms. The van der Waals surface area contributed by atoms with Gasteiger partial charge in [0.15, 0.2) is 0 Å². The number of hydrogen-bond acceptors (Lipinski definition) is 2. The Morgan fingerprint density at radius 1 is 1.33 bits per heavy atom. The molecule has 1 aliphatic carbocycles. The van der Waals surface area contributed by atoms with E-state index in [0.717, 1.165) is 0 Å². The predicted molar refractivity (Wildman–Crippen MR) is 36.4 cm³/mol. The molecule has 0 saturated heterocycles. The second-order valence-corrected chi connectivity index (χ2v) is 3.51. The van der Waals surface area contributed by atoms with Gasteiger partial charge in [0.2, 0.25) is 5.67 Å². The molecule has 0 radical (unpaired) electrons. The van der Waals surface area contributed by atoms with Gasteiger partial charge in [-0.3, -0.25) is 4.79 Å². The molecule has 0 aromatic rings. The van der Waals surface area contributed by atoms with Crippen molar-refractivity contribution in [2.45, 2.75) is 19.5 Å². The normalized spacial score (nSPS) is 37.4. The first-order valence-corrected chi connectivity index (χ1v) is 3.41. The van der Waals surface area contributed by atoms with Crippen LogP contribution in [0.15, 0.2) is 0 Å². The molecule has 0 bridgehead atoms. The van der Waals surface area contributed by atoms with Gasteiger partial charge >= 0.3 is 11.9 Å². The smallest absolute Gasteiger partial charge is 0.343 e. The molecule has 1 fully saturated rings. The quantitative estimate of drug-likeness (QED) is 0.643. The van der Waals surface area contributed by atoms with Gasteiger partial charge in [0.1, 0.15) is 5.92 Å². The molecule has 0 spiro atoms. The number of carbonyl (C=O) groups is 2. The van der Waals surface area contributed by atoms with Gasteiger partial charge in [-0.05, 0) is 0 Å². The standard InChI is InChI=1S/C7H9FO4/c1-6(2)3(4(9)10)7(6,8)5(11)12/h3H,1-2H3,(H,9,10)(H,11,12). The highest BCUT2D eigenvalue weighted by molar-refractivity contribution is 5.94. The van der Waals surface area contributed by atoms with E-state index in [1.807, 2.05) is 0 Å². The first-order chi connectivity index (χ1) is 5.26. The minimum Gasteiger partial charge on any atom is -0.481 e. The summed E-state index contributed by atoms with van der Waals surface area (Å²) < 4.78 is 13.3. The number of alkyl halides is 1. The highest BCUT2D eigenvalue weighted by Gasteiger charge is 2.81. The van der Waals surface area contributed by atoms with Gasteiger partial charge in [-0.1, -0.05) is 13.8 Å². The molecule has 2 N–H and O–H groups in total. The Kier molecular flexibility index (Phi) is 1.47. The van der Waals surface area contributed by atoms with E-state index in [0.29, 0.717) is 0 Å². The average Bonchev–Trinajstić information content (AvgIpc) is 2.28. The zero-order valence-electron chi connectivity index (χ0n) is 6.67. The van der Waals surface area contributed by atoms with Crippen LogP contribution < -0.4 is 0 Å². The number of aliphatic carboxylic acids is 2. The molecule has 2 atom stereocenters. The minimum atomic E-state index is -2.60. The van der Waals surface area contributed by atoms with Crippen molar-refractivity contribution >= 4 is 11.9 Å². The predicted octanol–water partition coefficient (Wildman–Crippen LogP) is 0.520. The van der Waals surface area contributed by atoms with E-state index < -0.39 is 28.9 Å². The molecule has 0 heterocycles. The number of hydrogen-bond donors (Lipinski definition) is 2. The largest absolute Gasteiger partial charge is 0.481 e. The first kappa shape index (κ1) is 8.96. The molecule has 0 amide bonds. The van der Waals surface area contributed by atoms with E-state index in [-0.39, 0.29) is 0 Å². The molecule has 0 aliphatic heterocycles. The summed E-state index contributed by atoms with van der Waals surface area (Å²) in [6, 6.07) is 0. The van der Waals surface area contributed by atoms with Crippen molar-refractivity contribution in [3.8, 4) is 0 Å². The van der Waals surface area contributed by atoms with Crippen molar-refractivity contribution in [2.24, 2.45) is 11.3 Å². The third-order valence-electron chi connectivity index (χ3n) is 2.53. The Labute approximate surface area is 68.0 Å². The summed E-state index contributed by atoms with van der Waals surface area (Å²) in [6.07, 6.45) is 0. The van der Waals surface area contributed by atoms with E-state index in [2.05, 4.69) is 0 Å². The second kappa shape index (κ2) is 1.97. The van der Waals surface area contributed by atoms with Crippen molar-refractivity contribution in [2.75, 3.05) is 0 Å². The lowest BCUT2D eigenvalue weighted by Gasteiger charge is -2.01. The van der Waals surface area contributed by atoms with Crippen molar-refractivity contribution < 1.29 is 24.2 Å². The van der Waals surface area contributed by atoms with Crippen molar-refractivity contribution in [3.63, 3.8) is 0 Å². The molecule has 68 valence electrons. The molecule has 0 aromatic heterocycles. The third kappa shape index (κ3) is 0.707. The van der Waals surface area contributed by atoms with Crippen LogP contribution in [0.1, 0.15) is 13.8 Å². The summed E-state index contributed by atoms with van der Waals surface area (Å²) in [5, 5.41) is 16.9. The van der Waals surface area contributed by atoms with E-state index >= 15 is 0 Å². The highest BCUT2D eigenvalue weighted by atomic mass is 19.1. The Morgan fingerprint density at radius 2 is 1.75 bits per heavy atom. The maximum absolute atomic E-state index is 13.3. The first-order valence-electron chi connectivity index (χ1n) is 3.41. The van der Waals surface area contributed by atoms with Gasteiger partial charge in [0.05, 0.1) is 0 Å². The van der Waals surface area contributed by atoms with Crippen molar-refractivity contribution in [3.05, 3.63) is 0 Å². The van der Waals surface area contributed by atoms with Gasteiger partial charge < -0.3 is 10.2 Å². The van der Waals surface area contributed by atoms with Crippen LogP contribution in [0.5, 0.6) is 0 Å². The molecule has 1 saturated carbocycles. The average molecular weight is 176 g/mol. The van der Waals surface area contributed by atoms with Crippen LogP contribution in [0.3, 0.4) is 0 Å². The number of carboxylic acids is 2. The van der Waals surface area contributed by atoms with Crippen molar-refractivity contribution in [1.82, 2.24) is 0 Å². The fourth-order valence-corrected chi connectivity index (χ4v) is 1.59. The Morgan fingerprint density at radius 3 is 1.83 bits per heavy atom. The maximum Gasteiger partial charge on any atom is 0.343 e. The second-order valence-electron chi connectivity index (χ2n) is 3.51. The number of halogens is 1. The van der Waals surface area contributed by atoms with Crippen LogP contribution in [0.25, 0.3) is 0 Å². The van der Waals surface area contributed by atoms with E-state index in [9.17, 15) is 14.0 Å². The van der Waals surface area contributed by atoms with Crippen LogP contribution in [0.2, 0.25) is 0 Å². The summed E-state index contributed by atoms with van der Waals surface area (Å²) in [4.78, 5) is 20.8. The fraction of sp³-hybridized carbons (Fsp3) is 0.714. The van der Waals surface area contributed by atoms with Crippen LogP contribution in [0, 0.1) is 11.3 Å². The Balaban J connectivity index is 2.99. The third-order valence-corrected chi connectivity index (χ3v) is 2.53. The zero-order chi connectivity index (χ0) is 9.73. The van der Waals surface area contributed by atoms with E-state index in [1.165, 1.54) is 13.8 Å². The fourth-order valence-electron chi connectivity index (χ4n) is 1.59. The van der Waals surface area contributed by atoms with Gasteiger partial charge in [-0.15, -0.1) is 0 Å². The summed E-state index contributed by atoms with van der Waals surface area (Å²) in [6.45, 7) is 2.58. The van der Waals surface area contributed by atoms with Gasteiger partial charge in [0, 0.05) is 5.41 Å². The van der Waals surface area contributed by atoms with Crippen LogP contribution in [-0.2, 0) is 9.59 Å². The lowest BCUT2D eigenvalue weighted by Crippen LogP contribution is -2.24. The monoisotopic (exact) mass is 176 g/mol. The van der Waals surface area contributed by atoms with Crippen molar-refractivity contribution in [1.29, 1.82) is 0 Å². The minimum absolute atomic E-state index is 1.29. The summed E-state index contributed by atoms with van der Waals surface area (Å²) >= 11 is 0. The molecule has 1 rings (SSSR count). The summed E-state index contributed by atoms with van der Waals surface area (Å²) in [5.74, 6) is -4.52. The summed E-state index contributed by atoms with van der Waals surface area (Å²) in [7, 11) is 0. The Hall–Kier alpha value is -1.13. The SMILES string of the molecule is CC1(C)C(C(=O)O)C1(F)C(=O)O.